The molecule has 0 aliphatic rings. The second-order valence-electron chi connectivity index (χ2n) is 0.796. The molecule has 3 nitrogen and oxygen atoms in total. The number of hydrogen-bond donors (Lipinski definition) is 0. The van der Waals surface area contributed by atoms with Crippen LogP contribution in [0.5, 0.6) is 0 Å². The zero-order valence-corrected chi connectivity index (χ0v) is 6.53. The Morgan fingerprint density at radius 2 is 1.71 bits per heavy atom. The molecule has 0 heterocycles. The van der Waals surface area contributed by atoms with Crippen LogP contribution < -0.4 is 0 Å². The molecular formula is C2H6BrO3P. The summed E-state index contributed by atoms with van der Waals surface area (Å²) >= 11 is 2.69. The average molecular weight is 189 g/mol. The Labute approximate surface area is 50.3 Å². The predicted octanol–water partition coefficient (Wildman–Crippen LogP) is 1.78. The molecule has 7 heavy (non-hydrogen) atoms. The maximum absolute atomic E-state index is 10.4. The van der Waals surface area contributed by atoms with Gasteiger partial charge in [-0.1, -0.05) is 0 Å². The molecular weight excluding hydrogens is 183 g/mol. The Morgan fingerprint density at radius 1 is 1.43 bits per heavy atom. The van der Waals surface area contributed by atoms with Crippen molar-refractivity contribution in [3.63, 3.8) is 0 Å². The van der Waals surface area contributed by atoms with E-state index in [0.717, 1.165) is 0 Å². The maximum atomic E-state index is 10.4. The summed E-state index contributed by atoms with van der Waals surface area (Å²) < 4.78 is 19.1. The molecule has 0 saturated heterocycles. The Bertz CT molecular complexity index is 84.9. The van der Waals surface area contributed by atoms with E-state index in [4.69, 9.17) is 0 Å². The fraction of sp³-hybridized carbons (Fsp3) is 1.00. The van der Waals surface area contributed by atoms with E-state index in [2.05, 4.69) is 24.5 Å². The van der Waals surface area contributed by atoms with Crippen LogP contribution in [0.25, 0.3) is 0 Å². The van der Waals surface area contributed by atoms with Crippen molar-refractivity contribution in [3.8, 4) is 0 Å². The lowest BCUT2D eigenvalue weighted by molar-refractivity contribution is 0.297. The maximum Gasteiger partial charge on any atom is 0.395 e. The lowest BCUT2D eigenvalue weighted by Crippen LogP contribution is -1.75. The highest BCUT2D eigenvalue weighted by molar-refractivity contribution is 9.39. The first-order chi connectivity index (χ1) is 3.12. The third kappa shape index (κ3) is 3.23. The molecule has 0 spiro atoms. The van der Waals surface area contributed by atoms with Crippen LogP contribution in [-0.2, 0) is 13.6 Å². The van der Waals surface area contributed by atoms with E-state index < -0.39 is 6.30 Å². The van der Waals surface area contributed by atoms with E-state index in [9.17, 15) is 4.57 Å². The zero-order chi connectivity index (χ0) is 5.91. The molecule has 0 aliphatic heterocycles. The Hall–Kier alpha value is 0.630. The number of rotatable bonds is 2. The van der Waals surface area contributed by atoms with E-state index >= 15 is 0 Å². The number of halogens is 1. The fourth-order valence-electron chi connectivity index (χ4n) is 0.0745. The van der Waals surface area contributed by atoms with E-state index in [1.165, 1.54) is 14.2 Å². The molecule has 0 aromatic rings. The van der Waals surface area contributed by atoms with Crippen molar-refractivity contribution in [3.05, 3.63) is 0 Å². The Morgan fingerprint density at radius 3 is 1.71 bits per heavy atom. The topological polar surface area (TPSA) is 35.5 Å². The van der Waals surface area contributed by atoms with E-state index in [1.807, 2.05) is 0 Å². The molecule has 0 aromatic heterocycles. The third-order valence-corrected chi connectivity index (χ3v) is 3.05. The van der Waals surface area contributed by atoms with Crippen LogP contribution in [0.1, 0.15) is 0 Å². The summed E-state index contributed by atoms with van der Waals surface area (Å²) in [7, 11) is 2.61. The van der Waals surface area contributed by atoms with Gasteiger partial charge in [0.1, 0.15) is 0 Å². The molecule has 0 N–H and O–H groups in total. The van der Waals surface area contributed by atoms with Crippen molar-refractivity contribution >= 4 is 21.8 Å². The molecule has 0 unspecified atom stereocenters. The molecule has 44 valence electrons. The van der Waals surface area contributed by atoms with Gasteiger partial charge in [-0.2, -0.15) is 0 Å². The largest absolute Gasteiger partial charge is 0.395 e. The highest BCUT2D eigenvalue weighted by Crippen LogP contribution is 2.54. The summed E-state index contributed by atoms with van der Waals surface area (Å²) in [5.41, 5.74) is 0. The van der Waals surface area contributed by atoms with Crippen LogP contribution in [0.15, 0.2) is 0 Å². The highest BCUT2D eigenvalue weighted by Gasteiger charge is 2.12. The molecule has 0 bridgehead atoms. The Balaban J connectivity index is 3.61. The van der Waals surface area contributed by atoms with Gasteiger partial charge in [0.25, 0.3) is 0 Å². The normalized spacial score (nSPS) is 11.9. The van der Waals surface area contributed by atoms with E-state index in [-0.39, 0.29) is 0 Å². The van der Waals surface area contributed by atoms with Gasteiger partial charge in [-0.15, -0.1) is 0 Å². The molecule has 0 atom stereocenters. The monoisotopic (exact) mass is 188 g/mol. The summed E-state index contributed by atoms with van der Waals surface area (Å²) in [5, 5.41) is 0. The lowest BCUT2D eigenvalue weighted by atomic mass is 11.8. The first kappa shape index (κ1) is 7.63. The van der Waals surface area contributed by atoms with Gasteiger partial charge < -0.3 is 9.05 Å². The van der Waals surface area contributed by atoms with Crippen molar-refractivity contribution in [2.45, 2.75) is 0 Å². The van der Waals surface area contributed by atoms with Gasteiger partial charge in [0.15, 0.2) is 0 Å². The second kappa shape index (κ2) is 2.82. The summed E-state index contributed by atoms with van der Waals surface area (Å²) in [4.78, 5) is 0. The summed E-state index contributed by atoms with van der Waals surface area (Å²) in [6, 6.07) is 0. The van der Waals surface area contributed by atoms with Gasteiger partial charge in [0, 0.05) is 29.7 Å². The van der Waals surface area contributed by atoms with Crippen molar-refractivity contribution in [2.24, 2.45) is 0 Å². The van der Waals surface area contributed by atoms with Crippen molar-refractivity contribution < 1.29 is 13.6 Å². The minimum absolute atomic E-state index is 1.30. The van der Waals surface area contributed by atoms with Gasteiger partial charge in [0.2, 0.25) is 0 Å². The van der Waals surface area contributed by atoms with E-state index in [1.54, 1.807) is 0 Å². The SMILES string of the molecule is COP(=O)(Br)OC. The van der Waals surface area contributed by atoms with Gasteiger partial charge in [-0.3, -0.25) is 0 Å². The molecule has 0 fully saturated rings. The molecule has 0 saturated carbocycles. The van der Waals surface area contributed by atoms with Crippen molar-refractivity contribution in [1.82, 2.24) is 0 Å². The quantitative estimate of drug-likeness (QED) is 0.621. The molecule has 0 aromatic carbocycles. The standard InChI is InChI=1S/C2H6BrO3P/c1-5-7(3,4)6-2/h1-2H3. The molecule has 5 heteroatoms. The first-order valence-corrected chi connectivity index (χ1v) is 5.09. The van der Waals surface area contributed by atoms with Crippen LogP contribution in [0.3, 0.4) is 0 Å². The predicted molar refractivity (Wildman–Crippen MR) is 30.6 cm³/mol. The van der Waals surface area contributed by atoms with Gasteiger partial charge in [-0.25, -0.2) is 4.57 Å². The molecule has 0 aliphatic carbocycles. The summed E-state index contributed by atoms with van der Waals surface area (Å²) in [6.07, 6.45) is -2.84. The molecule has 0 rings (SSSR count). The minimum atomic E-state index is -2.84. The van der Waals surface area contributed by atoms with Crippen LogP contribution in [-0.4, -0.2) is 14.2 Å². The summed E-state index contributed by atoms with van der Waals surface area (Å²) in [6.45, 7) is 0. The van der Waals surface area contributed by atoms with Crippen LogP contribution in [0.2, 0.25) is 0 Å². The minimum Gasteiger partial charge on any atom is -0.304 e. The molecule has 0 amide bonds. The van der Waals surface area contributed by atoms with E-state index in [0.29, 0.717) is 0 Å². The van der Waals surface area contributed by atoms with Gasteiger partial charge in [0.05, 0.1) is 0 Å². The van der Waals surface area contributed by atoms with Crippen LogP contribution in [0, 0.1) is 0 Å². The van der Waals surface area contributed by atoms with Crippen molar-refractivity contribution in [1.29, 1.82) is 0 Å². The van der Waals surface area contributed by atoms with Crippen LogP contribution >= 0.6 is 21.8 Å². The zero-order valence-electron chi connectivity index (χ0n) is 4.05. The molecule has 0 radical (unpaired) electrons. The summed E-state index contributed by atoms with van der Waals surface area (Å²) in [5.74, 6) is 0. The van der Waals surface area contributed by atoms with Crippen molar-refractivity contribution in [2.75, 3.05) is 14.2 Å². The Kier molecular flexibility index (Phi) is 3.08. The smallest absolute Gasteiger partial charge is 0.304 e. The first-order valence-electron chi connectivity index (χ1n) is 1.53. The lowest BCUT2D eigenvalue weighted by Gasteiger charge is -2.01. The number of hydrogen-bond acceptors (Lipinski definition) is 3. The highest BCUT2D eigenvalue weighted by atomic mass is 79.9. The van der Waals surface area contributed by atoms with Gasteiger partial charge >= 0.3 is 6.30 Å². The van der Waals surface area contributed by atoms with Gasteiger partial charge in [-0.05, 0) is 0 Å². The fourth-order valence-corrected chi connectivity index (χ4v) is 0.224. The average Bonchev–Trinajstić information content (AvgIpc) is 1.68. The second-order valence-corrected chi connectivity index (χ2v) is 4.99. The van der Waals surface area contributed by atoms with Crippen LogP contribution in [0.4, 0.5) is 0 Å². The third-order valence-electron chi connectivity index (χ3n) is 0.436.